The first-order valence-electron chi connectivity index (χ1n) is 6.31. The molecule has 112 valence electrons. The van der Waals surface area contributed by atoms with E-state index in [1.807, 2.05) is 6.07 Å². The van der Waals surface area contributed by atoms with E-state index in [4.69, 9.17) is 0 Å². The Morgan fingerprint density at radius 3 is 2.38 bits per heavy atom. The van der Waals surface area contributed by atoms with Crippen molar-refractivity contribution in [1.82, 2.24) is 0 Å². The molecule has 0 unspecified atom stereocenters. The maximum atomic E-state index is 12.8. The second-order valence-corrected chi connectivity index (χ2v) is 7.42. The molecule has 0 fully saturated rings. The van der Waals surface area contributed by atoms with Crippen molar-refractivity contribution in [3.63, 3.8) is 0 Å². The van der Waals surface area contributed by atoms with Crippen molar-refractivity contribution in [2.75, 3.05) is 11.4 Å². The summed E-state index contributed by atoms with van der Waals surface area (Å²) in [6, 6.07) is 12.1. The molecule has 0 aromatic heterocycles. The molecule has 0 atom stereocenters. The van der Waals surface area contributed by atoms with Gasteiger partial charge in [-0.2, -0.15) is 0 Å². The van der Waals surface area contributed by atoms with Gasteiger partial charge in [0.2, 0.25) is 0 Å². The highest BCUT2D eigenvalue weighted by atomic mass is 79.9. The highest BCUT2D eigenvalue weighted by molar-refractivity contribution is 9.10. The number of nitrogens with zero attached hydrogens (tertiary/aromatic N) is 1. The highest BCUT2D eigenvalue weighted by Crippen LogP contribution is 2.31. The predicted molar refractivity (Wildman–Crippen MR) is 86.8 cm³/mol. The lowest BCUT2D eigenvalue weighted by atomic mass is 10.1. The minimum absolute atomic E-state index is 0.151. The average Bonchev–Trinajstić information content (AvgIpc) is 2.49. The van der Waals surface area contributed by atoms with Crippen molar-refractivity contribution in [2.45, 2.75) is 18.4 Å². The molecule has 2 aromatic rings. The number of anilines is 1. The maximum Gasteiger partial charge on any atom is 0.265 e. The minimum atomic E-state index is -3.70. The Morgan fingerprint density at radius 1 is 1.19 bits per heavy atom. The number of aryl methyl sites for hydroxylation is 1. The minimum Gasteiger partial charge on any atom is -0.392 e. The van der Waals surface area contributed by atoms with Gasteiger partial charge in [0.25, 0.3) is 10.0 Å². The molecule has 0 heterocycles. The summed E-state index contributed by atoms with van der Waals surface area (Å²) in [7, 11) is -2.19. The number of aliphatic hydroxyl groups excluding tert-OH is 1. The predicted octanol–water partition coefficient (Wildman–Crippen LogP) is 3.07. The van der Waals surface area contributed by atoms with E-state index >= 15 is 0 Å². The van der Waals surface area contributed by atoms with Gasteiger partial charge < -0.3 is 5.11 Å². The van der Waals surface area contributed by atoms with Gasteiger partial charge in [0.1, 0.15) is 4.90 Å². The van der Waals surface area contributed by atoms with E-state index in [1.165, 1.54) is 17.4 Å². The monoisotopic (exact) mass is 369 g/mol. The van der Waals surface area contributed by atoms with Crippen molar-refractivity contribution in [2.24, 2.45) is 0 Å². The molecule has 0 spiro atoms. The van der Waals surface area contributed by atoms with Crippen LogP contribution in [-0.2, 0) is 16.6 Å². The molecule has 2 rings (SSSR count). The van der Waals surface area contributed by atoms with Crippen LogP contribution in [0.1, 0.15) is 11.1 Å². The molecule has 21 heavy (non-hydrogen) atoms. The number of rotatable bonds is 4. The molecule has 0 aliphatic heterocycles. The summed E-state index contributed by atoms with van der Waals surface area (Å²) in [4.78, 5) is 0.151. The number of benzene rings is 2. The maximum absolute atomic E-state index is 12.8. The first-order chi connectivity index (χ1) is 9.87. The third-order valence-corrected chi connectivity index (χ3v) is 6.35. The molecule has 2 aromatic carbocycles. The number of sulfonamides is 1. The fourth-order valence-electron chi connectivity index (χ4n) is 2.01. The Morgan fingerprint density at radius 2 is 1.81 bits per heavy atom. The van der Waals surface area contributed by atoms with E-state index in [0.29, 0.717) is 15.7 Å². The van der Waals surface area contributed by atoms with Gasteiger partial charge in [-0.15, -0.1) is 0 Å². The Balaban J connectivity index is 2.57. The molecule has 0 bridgehead atoms. The summed E-state index contributed by atoms with van der Waals surface area (Å²) in [6.45, 7) is 1.59. The summed E-state index contributed by atoms with van der Waals surface area (Å²) in [5.41, 5.74) is 1.91. The van der Waals surface area contributed by atoms with E-state index in [9.17, 15) is 13.5 Å². The summed E-state index contributed by atoms with van der Waals surface area (Å²) >= 11 is 3.33. The Bertz CT molecular complexity index is 745. The van der Waals surface area contributed by atoms with Crippen LogP contribution in [0.3, 0.4) is 0 Å². The molecule has 0 aliphatic carbocycles. The number of para-hydroxylation sites is 1. The molecule has 0 saturated heterocycles. The molecule has 0 amide bonds. The van der Waals surface area contributed by atoms with Crippen LogP contribution in [0.2, 0.25) is 0 Å². The van der Waals surface area contributed by atoms with Gasteiger partial charge in [-0.1, -0.05) is 24.3 Å². The van der Waals surface area contributed by atoms with Crippen molar-refractivity contribution < 1.29 is 13.5 Å². The molecular formula is C15H16BrNO3S. The number of hydrogen-bond acceptors (Lipinski definition) is 3. The zero-order valence-electron chi connectivity index (χ0n) is 11.7. The number of aliphatic hydroxyl groups is 1. The lowest BCUT2D eigenvalue weighted by Crippen LogP contribution is -2.27. The van der Waals surface area contributed by atoms with Gasteiger partial charge in [0.15, 0.2) is 0 Å². The van der Waals surface area contributed by atoms with Crippen molar-refractivity contribution in [1.29, 1.82) is 0 Å². The zero-order valence-corrected chi connectivity index (χ0v) is 14.1. The van der Waals surface area contributed by atoms with Crippen LogP contribution < -0.4 is 4.31 Å². The third-order valence-electron chi connectivity index (χ3n) is 3.22. The molecular weight excluding hydrogens is 354 g/mol. The molecule has 0 radical (unpaired) electrons. The van der Waals surface area contributed by atoms with Crippen LogP contribution in [-0.4, -0.2) is 20.6 Å². The van der Waals surface area contributed by atoms with E-state index in [2.05, 4.69) is 15.9 Å². The Kier molecular flexibility index (Phi) is 4.70. The Hall–Kier alpha value is -1.37. The SMILES string of the molecule is Cc1cc(CO)cc(S(=O)(=O)N(C)c2ccccc2)c1Br. The molecule has 4 nitrogen and oxygen atoms in total. The normalized spacial score (nSPS) is 11.4. The van der Waals surface area contributed by atoms with Gasteiger partial charge in [-0.05, 0) is 52.2 Å². The van der Waals surface area contributed by atoms with E-state index in [-0.39, 0.29) is 11.5 Å². The van der Waals surface area contributed by atoms with Gasteiger partial charge in [-0.3, -0.25) is 4.31 Å². The van der Waals surface area contributed by atoms with Gasteiger partial charge in [0, 0.05) is 11.5 Å². The molecule has 6 heteroatoms. The summed E-state index contributed by atoms with van der Waals surface area (Å²) in [5, 5.41) is 9.28. The van der Waals surface area contributed by atoms with Crippen LogP contribution in [0.15, 0.2) is 51.8 Å². The van der Waals surface area contributed by atoms with Crippen molar-refractivity contribution in [3.8, 4) is 0 Å². The van der Waals surface area contributed by atoms with Crippen molar-refractivity contribution in [3.05, 3.63) is 58.1 Å². The molecule has 1 N–H and O–H groups in total. The van der Waals surface area contributed by atoms with Crippen molar-refractivity contribution >= 4 is 31.6 Å². The molecule has 0 saturated carbocycles. The van der Waals surface area contributed by atoms with E-state index in [0.717, 1.165) is 5.56 Å². The van der Waals surface area contributed by atoms with Crippen LogP contribution in [0.25, 0.3) is 0 Å². The first kappa shape index (κ1) is 16.0. The summed E-state index contributed by atoms with van der Waals surface area (Å²) in [5.74, 6) is 0. The van der Waals surface area contributed by atoms with E-state index in [1.54, 1.807) is 37.3 Å². The first-order valence-corrected chi connectivity index (χ1v) is 8.55. The third kappa shape index (κ3) is 3.12. The lowest BCUT2D eigenvalue weighted by molar-refractivity contribution is 0.281. The summed E-state index contributed by atoms with van der Waals surface area (Å²) < 4.78 is 27.3. The smallest absolute Gasteiger partial charge is 0.265 e. The van der Waals surface area contributed by atoms with Crippen LogP contribution in [0.4, 0.5) is 5.69 Å². The van der Waals surface area contributed by atoms with Crippen LogP contribution in [0.5, 0.6) is 0 Å². The highest BCUT2D eigenvalue weighted by Gasteiger charge is 2.25. The fraction of sp³-hybridized carbons (Fsp3) is 0.200. The fourth-order valence-corrected chi connectivity index (χ4v) is 4.24. The largest absolute Gasteiger partial charge is 0.392 e. The number of hydrogen-bond donors (Lipinski definition) is 1. The molecule has 0 aliphatic rings. The second kappa shape index (κ2) is 6.17. The number of halogens is 1. The van der Waals surface area contributed by atoms with Crippen LogP contribution in [0, 0.1) is 6.92 Å². The zero-order chi connectivity index (χ0) is 15.6. The standard InChI is InChI=1S/C15H16BrNO3S/c1-11-8-12(10-18)9-14(15(11)16)21(19,20)17(2)13-6-4-3-5-7-13/h3-9,18H,10H2,1-2H3. The van der Waals surface area contributed by atoms with Gasteiger partial charge in [-0.25, -0.2) is 8.42 Å². The van der Waals surface area contributed by atoms with Gasteiger partial charge >= 0.3 is 0 Å². The van der Waals surface area contributed by atoms with E-state index < -0.39 is 10.0 Å². The topological polar surface area (TPSA) is 57.6 Å². The Labute approximate surface area is 133 Å². The lowest BCUT2D eigenvalue weighted by Gasteiger charge is -2.21. The summed E-state index contributed by atoms with van der Waals surface area (Å²) in [6.07, 6.45) is 0. The van der Waals surface area contributed by atoms with Crippen LogP contribution >= 0.6 is 15.9 Å². The second-order valence-electron chi connectivity index (χ2n) is 4.69. The average molecular weight is 370 g/mol. The van der Waals surface area contributed by atoms with Gasteiger partial charge in [0.05, 0.1) is 12.3 Å². The quantitative estimate of drug-likeness (QED) is 0.900.